The van der Waals surface area contributed by atoms with Crippen LogP contribution < -0.4 is 5.56 Å². The van der Waals surface area contributed by atoms with E-state index in [2.05, 4.69) is 10.1 Å². The number of rotatable bonds is 3. The van der Waals surface area contributed by atoms with E-state index in [1.165, 1.54) is 0 Å². The summed E-state index contributed by atoms with van der Waals surface area (Å²) >= 11 is 8.26. The van der Waals surface area contributed by atoms with Gasteiger partial charge in [0.2, 0.25) is 0 Å². The van der Waals surface area contributed by atoms with Crippen molar-refractivity contribution in [2.24, 2.45) is 0 Å². The van der Waals surface area contributed by atoms with E-state index in [9.17, 15) is 4.79 Å². The third-order valence-corrected chi connectivity index (χ3v) is 4.20. The molecule has 0 spiro atoms. The van der Waals surface area contributed by atoms with Crippen molar-refractivity contribution in [2.45, 2.75) is 33.9 Å². The number of hydrogen-bond acceptors (Lipinski definition) is 3. The molecule has 0 aliphatic rings. The molecule has 0 radical (unpaired) electrons. The normalized spacial score (nSPS) is 11.0. The molecule has 0 aromatic carbocycles. The van der Waals surface area contributed by atoms with E-state index >= 15 is 0 Å². The molecule has 0 bridgehead atoms. The molecule has 2 heterocycles. The van der Waals surface area contributed by atoms with Gasteiger partial charge in [0.05, 0.1) is 26.5 Å². The van der Waals surface area contributed by atoms with Gasteiger partial charge in [-0.05, 0) is 43.4 Å². The lowest BCUT2D eigenvalue weighted by Crippen LogP contribution is -2.27. The van der Waals surface area contributed by atoms with Crippen molar-refractivity contribution in [3.63, 3.8) is 0 Å². The maximum absolute atomic E-state index is 12.2. The summed E-state index contributed by atoms with van der Waals surface area (Å²) in [5, 5.41) is 4.97. The largest absolute Gasteiger partial charge is 0.290 e. The molecule has 0 aliphatic carbocycles. The van der Waals surface area contributed by atoms with Gasteiger partial charge in [-0.3, -0.25) is 14.0 Å². The second-order valence-corrected chi connectivity index (χ2v) is 5.75. The number of nitrogens with zero attached hydrogens (tertiary/aromatic N) is 4. The quantitative estimate of drug-likeness (QED) is 0.754. The van der Waals surface area contributed by atoms with Crippen LogP contribution in [0, 0.1) is 17.4 Å². The Labute approximate surface area is 129 Å². The number of halogens is 2. The molecular formula is C12H14ClIN4O. The van der Waals surface area contributed by atoms with Gasteiger partial charge in [0, 0.05) is 12.7 Å². The summed E-state index contributed by atoms with van der Waals surface area (Å²) < 4.78 is 4.04. The molecule has 0 fully saturated rings. The molecule has 2 rings (SSSR count). The van der Waals surface area contributed by atoms with Crippen molar-refractivity contribution in [3.8, 4) is 0 Å². The van der Waals surface area contributed by atoms with Crippen molar-refractivity contribution >= 4 is 34.2 Å². The lowest BCUT2D eigenvalue weighted by molar-refractivity contribution is 0.580. The molecule has 19 heavy (non-hydrogen) atoms. The highest BCUT2D eigenvalue weighted by molar-refractivity contribution is 14.1. The molecule has 102 valence electrons. The lowest BCUT2D eigenvalue weighted by atomic mass is 10.3. The van der Waals surface area contributed by atoms with Crippen LogP contribution >= 0.6 is 34.2 Å². The molecule has 0 N–H and O–H groups in total. The molecule has 0 atom stereocenters. The Hall–Kier alpha value is -0.890. The molecular weight excluding hydrogens is 379 g/mol. The van der Waals surface area contributed by atoms with E-state index in [0.717, 1.165) is 11.4 Å². The Kier molecular flexibility index (Phi) is 4.29. The Morgan fingerprint density at radius 3 is 2.74 bits per heavy atom. The average Bonchev–Trinajstić information content (AvgIpc) is 2.66. The molecule has 0 amide bonds. The second kappa shape index (κ2) is 5.62. The highest BCUT2D eigenvalue weighted by Crippen LogP contribution is 2.21. The number of aromatic nitrogens is 4. The van der Waals surface area contributed by atoms with E-state index in [4.69, 9.17) is 11.6 Å². The van der Waals surface area contributed by atoms with Crippen LogP contribution in [-0.2, 0) is 13.1 Å². The monoisotopic (exact) mass is 392 g/mol. The SMILES string of the molecule is CCn1nc(C)c(Cl)c1Cn1c(C)ncc(I)c1=O. The summed E-state index contributed by atoms with van der Waals surface area (Å²) in [6, 6.07) is 0. The summed E-state index contributed by atoms with van der Waals surface area (Å²) in [7, 11) is 0. The highest BCUT2D eigenvalue weighted by atomic mass is 127. The first kappa shape index (κ1) is 14.5. The molecule has 0 saturated carbocycles. The standard InChI is InChI=1S/C12H14ClIN4O/c1-4-18-10(11(13)7(2)16-18)6-17-8(3)15-5-9(14)12(17)19/h5H,4,6H2,1-3H3. The maximum atomic E-state index is 12.2. The molecule has 7 heteroatoms. The summed E-state index contributed by atoms with van der Waals surface area (Å²) in [4.78, 5) is 16.4. The minimum absolute atomic E-state index is 0.0503. The fourth-order valence-electron chi connectivity index (χ4n) is 1.91. The van der Waals surface area contributed by atoms with Crippen LogP contribution in [-0.4, -0.2) is 19.3 Å². The molecule has 0 unspecified atom stereocenters. The summed E-state index contributed by atoms with van der Waals surface area (Å²) in [5.41, 5.74) is 1.57. The van der Waals surface area contributed by atoms with Gasteiger partial charge in [-0.1, -0.05) is 11.6 Å². The van der Waals surface area contributed by atoms with Crippen molar-refractivity contribution in [2.75, 3.05) is 0 Å². The third kappa shape index (κ3) is 2.69. The van der Waals surface area contributed by atoms with Crippen LogP contribution in [0.15, 0.2) is 11.0 Å². The Morgan fingerprint density at radius 1 is 1.42 bits per heavy atom. The van der Waals surface area contributed by atoms with E-state index in [0.29, 0.717) is 27.5 Å². The van der Waals surface area contributed by atoms with E-state index in [-0.39, 0.29) is 5.56 Å². The fourth-order valence-corrected chi connectivity index (χ4v) is 2.53. The van der Waals surface area contributed by atoms with Gasteiger partial charge in [0.15, 0.2) is 0 Å². The van der Waals surface area contributed by atoms with Crippen LogP contribution in [0.4, 0.5) is 0 Å². The second-order valence-electron chi connectivity index (χ2n) is 4.21. The van der Waals surface area contributed by atoms with E-state index in [1.54, 1.807) is 10.8 Å². The molecule has 0 saturated heterocycles. The topological polar surface area (TPSA) is 52.7 Å². The van der Waals surface area contributed by atoms with Crippen LogP contribution in [0.5, 0.6) is 0 Å². The van der Waals surface area contributed by atoms with Crippen LogP contribution in [0.2, 0.25) is 5.02 Å². The van der Waals surface area contributed by atoms with Gasteiger partial charge >= 0.3 is 0 Å². The van der Waals surface area contributed by atoms with Gasteiger partial charge in [0.1, 0.15) is 5.82 Å². The first-order valence-corrected chi connectivity index (χ1v) is 7.35. The lowest BCUT2D eigenvalue weighted by Gasteiger charge is -2.11. The van der Waals surface area contributed by atoms with Gasteiger partial charge in [-0.25, -0.2) is 4.98 Å². The van der Waals surface area contributed by atoms with Crippen molar-refractivity contribution < 1.29 is 0 Å². The summed E-state index contributed by atoms with van der Waals surface area (Å²) in [6.45, 7) is 6.77. The van der Waals surface area contributed by atoms with Crippen LogP contribution in [0.1, 0.15) is 24.1 Å². The first-order valence-electron chi connectivity index (χ1n) is 5.89. The number of aryl methyl sites for hydroxylation is 3. The Balaban J connectivity index is 2.53. The predicted octanol–water partition coefficient (Wildman–Crippen LogP) is 2.38. The zero-order valence-electron chi connectivity index (χ0n) is 10.9. The zero-order valence-corrected chi connectivity index (χ0v) is 13.9. The fraction of sp³-hybridized carbons (Fsp3) is 0.417. The summed E-state index contributed by atoms with van der Waals surface area (Å²) in [5.74, 6) is 0.669. The van der Waals surface area contributed by atoms with Crippen molar-refractivity contribution in [1.82, 2.24) is 19.3 Å². The molecule has 2 aromatic rings. The van der Waals surface area contributed by atoms with Crippen LogP contribution in [0.3, 0.4) is 0 Å². The minimum atomic E-state index is -0.0503. The Bertz CT molecular complexity index is 677. The predicted molar refractivity (Wildman–Crippen MR) is 82.7 cm³/mol. The highest BCUT2D eigenvalue weighted by Gasteiger charge is 2.15. The average molecular weight is 393 g/mol. The van der Waals surface area contributed by atoms with E-state index in [1.807, 2.05) is 48.0 Å². The van der Waals surface area contributed by atoms with Gasteiger partial charge in [-0.15, -0.1) is 0 Å². The Morgan fingerprint density at radius 2 is 2.11 bits per heavy atom. The van der Waals surface area contributed by atoms with Gasteiger partial charge in [-0.2, -0.15) is 5.10 Å². The van der Waals surface area contributed by atoms with Crippen molar-refractivity contribution in [3.05, 3.63) is 42.4 Å². The van der Waals surface area contributed by atoms with Crippen molar-refractivity contribution in [1.29, 1.82) is 0 Å². The molecule has 2 aromatic heterocycles. The van der Waals surface area contributed by atoms with Gasteiger partial charge in [0.25, 0.3) is 5.56 Å². The first-order chi connectivity index (χ1) is 8.95. The van der Waals surface area contributed by atoms with Crippen LogP contribution in [0.25, 0.3) is 0 Å². The minimum Gasteiger partial charge on any atom is -0.290 e. The smallest absolute Gasteiger partial charge is 0.267 e. The molecule has 5 nitrogen and oxygen atoms in total. The summed E-state index contributed by atoms with van der Waals surface area (Å²) in [6.07, 6.45) is 1.58. The van der Waals surface area contributed by atoms with Gasteiger partial charge < -0.3 is 0 Å². The molecule has 0 aliphatic heterocycles. The number of hydrogen-bond donors (Lipinski definition) is 0. The third-order valence-electron chi connectivity index (χ3n) is 2.97. The van der Waals surface area contributed by atoms with E-state index < -0.39 is 0 Å². The maximum Gasteiger partial charge on any atom is 0.267 e. The zero-order chi connectivity index (χ0) is 14.2.